The largest absolute Gasteiger partial charge is 0.489 e. The van der Waals surface area contributed by atoms with Crippen LogP contribution in [-0.2, 0) is 16.2 Å². The van der Waals surface area contributed by atoms with Gasteiger partial charge in [0.15, 0.2) is 0 Å². The van der Waals surface area contributed by atoms with Crippen LogP contribution in [0.5, 0.6) is 5.75 Å². The van der Waals surface area contributed by atoms with Crippen LogP contribution in [0.2, 0.25) is 0 Å². The van der Waals surface area contributed by atoms with E-state index in [4.69, 9.17) is 4.74 Å². The van der Waals surface area contributed by atoms with Crippen LogP contribution in [0.25, 0.3) is 0 Å². The van der Waals surface area contributed by atoms with Crippen molar-refractivity contribution >= 4 is 23.2 Å². The van der Waals surface area contributed by atoms with Crippen LogP contribution in [-0.4, -0.2) is 11.8 Å². The fourth-order valence-corrected chi connectivity index (χ4v) is 3.01. The Morgan fingerprint density at radius 1 is 0.667 bits per heavy atom. The predicted octanol–water partition coefficient (Wildman–Crippen LogP) is 3.95. The molecule has 0 radical (unpaired) electrons. The minimum atomic E-state index is -0.248. The molecule has 1 saturated heterocycles. The Kier molecular flexibility index (Phi) is 4.58. The maximum atomic E-state index is 12.4. The van der Waals surface area contributed by atoms with E-state index < -0.39 is 0 Å². The minimum Gasteiger partial charge on any atom is -0.489 e. The molecule has 1 fully saturated rings. The summed E-state index contributed by atoms with van der Waals surface area (Å²) in [4.78, 5) is 24.7. The van der Waals surface area contributed by atoms with Gasteiger partial charge in [0.2, 0.25) is 0 Å². The summed E-state index contributed by atoms with van der Waals surface area (Å²) in [6.07, 6.45) is -0.138. The molecule has 0 unspecified atom stereocenters. The molecule has 0 N–H and O–H groups in total. The summed E-state index contributed by atoms with van der Waals surface area (Å²) in [6, 6.07) is 26.2. The molecule has 3 aromatic carbocycles. The third-order valence-electron chi connectivity index (χ3n) is 4.31. The Hall–Kier alpha value is -3.60. The van der Waals surface area contributed by atoms with Gasteiger partial charge >= 0.3 is 0 Å². The molecule has 4 rings (SSSR count). The van der Waals surface area contributed by atoms with E-state index in [2.05, 4.69) is 0 Å². The number of anilines is 2. The maximum Gasteiger partial charge on any atom is 0.255 e. The van der Waals surface area contributed by atoms with Gasteiger partial charge in [0, 0.05) is 0 Å². The van der Waals surface area contributed by atoms with E-state index in [-0.39, 0.29) is 18.2 Å². The van der Waals surface area contributed by atoms with Crippen LogP contribution < -0.4 is 14.8 Å². The van der Waals surface area contributed by atoms with E-state index in [1.165, 1.54) is 10.0 Å². The second-order valence-corrected chi connectivity index (χ2v) is 6.19. The molecule has 1 heterocycles. The number of amides is 2. The molecule has 0 atom stereocenters. The zero-order valence-corrected chi connectivity index (χ0v) is 14.6. The second kappa shape index (κ2) is 7.33. The van der Waals surface area contributed by atoms with Gasteiger partial charge in [0.1, 0.15) is 18.8 Å². The molecule has 27 heavy (non-hydrogen) atoms. The van der Waals surface area contributed by atoms with Crippen molar-refractivity contribution in [3.8, 4) is 5.75 Å². The first-order valence-corrected chi connectivity index (χ1v) is 8.70. The molecule has 1 aliphatic rings. The lowest BCUT2D eigenvalue weighted by molar-refractivity contribution is -0.121. The van der Waals surface area contributed by atoms with E-state index in [1.807, 2.05) is 48.5 Å². The highest BCUT2D eigenvalue weighted by Gasteiger charge is 2.37. The van der Waals surface area contributed by atoms with Gasteiger partial charge in [-0.2, -0.15) is 0 Å². The van der Waals surface area contributed by atoms with Crippen molar-refractivity contribution in [1.29, 1.82) is 0 Å². The van der Waals surface area contributed by atoms with Crippen LogP contribution in [0.3, 0.4) is 0 Å². The fourth-order valence-electron chi connectivity index (χ4n) is 3.01. The van der Waals surface area contributed by atoms with Crippen LogP contribution in [0.15, 0.2) is 84.9 Å². The van der Waals surface area contributed by atoms with Crippen molar-refractivity contribution in [3.63, 3.8) is 0 Å². The van der Waals surface area contributed by atoms with Crippen LogP contribution in [0, 0.1) is 0 Å². The van der Waals surface area contributed by atoms with E-state index in [0.717, 1.165) is 5.56 Å². The number of rotatable bonds is 5. The number of benzene rings is 3. The summed E-state index contributed by atoms with van der Waals surface area (Å²) in [5.74, 6) is 0.212. The molecule has 0 aliphatic carbocycles. The Morgan fingerprint density at radius 2 is 1.19 bits per heavy atom. The highest BCUT2D eigenvalue weighted by atomic mass is 16.5. The number of ether oxygens (including phenoxy) is 1. The Bertz CT molecular complexity index is 940. The summed E-state index contributed by atoms with van der Waals surface area (Å²) in [5.41, 5.74) is 2.37. The summed E-state index contributed by atoms with van der Waals surface area (Å²) < 4.78 is 5.79. The summed E-state index contributed by atoms with van der Waals surface area (Å²) >= 11 is 0. The average Bonchev–Trinajstić information content (AvgIpc) is 3.02. The molecular formula is C22H18N2O3. The molecule has 0 saturated carbocycles. The third kappa shape index (κ3) is 3.53. The van der Waals surface area contributed by atoms with E-state index in [0.29, 0.717) is 23.7 Å². The van der Waals surface area contributed by atoms with Gasteiger partial charge in [-0.05, 0) is 42.0 Å². The number of para-hydroxylation sites is 1. The molecule has 5 heteroatoms. The molecule has 134 valence electrons. The first kappa shape index (κ1) is 16.8. The van der Waals surface area contributed by atoms with E-state index in [1.54, 1.807) is 36.4 Å². The molecule has 0 aromatic heterocycles. The second-order valence-electron chi connectivity index (χ2n) is 6.19. The number of carbonyl (C=O) groups is 2. The highest BCUT2D eigenvalue weighted by Crippen LogP contribution is 2.30. The van der Waals surface area contributed by atoms with Crippen molar-refractivity contribution in [1.82, 2.24) is 0 Å². The number of hydrogen-bond donors (Lipinski definition) is 0. The lowest BCUT2D eigenvalue weighted by atomic mass is 10.2. The highest BCUT2D eigenvalue weighted by molar-refractivity contribution is 6.20. The lowest BCUT2D eigenvalue weighted by Gasteiger charge is -2.27. The summed E-state index contributed by atoms with van der Waals surface area (Å²) in [7, 11) is 0. The van der Waals surface area contributed by atoms with Crippen LogP contribution in [0.1, 0.15) is 12.0 Å². The minimum absolute atomic E-state index is 0.138. The van der Waals surface area contributed by atoms with Crippen molar-refractivity contribution in [2.45, 2.75) is 13.0 Å². The van der Waals surface area contributed by atoms with Gasteiger partial charge in [0.25, 0.3) is 11.8 Å². The quantitative estimate of drug-likeness (QED) is 0.649. The van der Waals surface area contributed by atoms with Gasteiger partial charge in [-0.15, -0.1) is 0 Å². The van der Waals surface area contributed by atoms with E-state index in [9.17, 15) is 9.59 Å². The Balaban J connectivity index is 1.53. The van der Waals surface area contributed by atoms with Crippen molar-refractivity contribution < 1.29 is 14.3 Å². The standard InChI is InChI=1S/C22H18N2O3/c25-21-15-22(26)24(23(21)18-9-5-2-6-10-18)19-11-13-20(14-12-19)27-16-17-7-3-1-4-8-17/h1-14H,15-16H2. The first-order valence-electron chi connectivity index (χ1n) is 8.70. The van der Waals surface area contributed by atoms with Gasteiger partial charge in [0.05, 0.1) is 11.4 Å². The number of hydrazine groups is 1. The molecular weight excluding hydrogens is 340 g/mol. The molecule has 1 aliphatic heterocycles. The fraction of sp³-hybridized carbons (Fsp3) is 0.0909. The molecule has 2 amide bonds. The molecule has 0 bridgehead atoms. The van der Waals surface area contributed by atoms with Crippen LogP contribution in [0.4, 0.5) is 11.4 Å². The smallest absolute Gasteiger partial charge is 0.255 e. The Morgan fingerprint density at radius 3 is 1.78 bits per heavy atom. The number of hydrogen-bond acceptors (Lipinski definition) is 3. The van der Waals surface area contributed by atoms with Gasteiger partial charge in [-0.25, -0.2) is 10.0 Å². The zero-order chi connectivity index (χ0) is 18.6. The van der Waals surface area contributed by atoms with Crippen molar-refractivity contribution in [2.75, 3.05) is 10.0 Å². The average molecular weight is 358 g/mol. The SMILES string of the molecule is O=C1CC(=O)N(c2ccc(OCc3ccccc3)cc2)N1c1ccccc1. The topological polar surface area (TPSA) is 49.9 Å². The number of nitrogens with zero attached hydrogens (tertiary/aromatic N) is 2. The van der Waals surface area contributed by atoms with Gasteiger partial charge in [-0.1, -0.05) is 48.5 Å². The predicted molar refractivity (Wildman–Crippen MR) is 103 cm³/mol. The third-order valence-corrected chi connectivity index (χ3v) is 4.31. The maximum absolute atomic E-state index is 12.4. The van der Waals surface area contributed by atoms with Crippen molar-refractivity contribution in [2.24, 2.45) is 0 Å². The van der Waals surface area contributed by atoms with Crippen molar-refractivity contribution in [3.05, 3.63) is 90.5 Å². The van der Waals surface area contributed by atoms with E-state index >= 15 is 0 Å². The normalized spacial score (nSPS) is 13.9. The van der Waals surface area contributed by atoms with Gasteiger partial charge in [-0.3, -0.25) is 9.59 Å². The first-order chi connectivity index (χ1) is 13.2. The monoisotopic (exact) mass is 358 g/mol. The summed E-state index contributed by atoms with van der Waals surface area (Å²) in [5, 5.41) is 2.83. The van der Waals surface area contributed by atoms with Crippen LogP contribution >= 0.6 is 0 Å². The number of carbonyl (C=O) groups excluding carboxylic acids is 2. The summed E-state index contributed by atoms with van der Waals surface area (Å²) in [6.45, 7) is 0.470. The zero-order valence-electron chi connectivity index (χ0n) is 14.6. The molecule has 5 nitrogen and oxygen atoms in total. The lowest BCUT2D eigenvalue weighted by Crippen LogP contribution is -2.41. The molecule has 0 spiro atoms. The Labute approximate surface area is 157 Å². The molecule has 3 aromatic rings. The van der Waals surface area contributed by atoms with Gasteiger partial charge < -0.3 is 4.74 Å².